The molecule has 1 heterocycles. The first-order valence-corrected chi connectivity index (χ1v) is 9.25. The normalized spacial score (nSPS) is 11.7. The Bertz CT molecular complexity index is 1020. The van der Waals surface area contributed by atoms with E-state index in [2.05, 4.69) is 20.4 Å². The summed E-state index contributed by atoms with van der Waals surface area (Å²) in [6, 6.07) is 13.9. The molecule has 7 nitrogen and oxygen atoms in total. The van der Waals surface area contributed by atoms with Crippen LogP contribution in [0.25, 0.3) is 10.9 Å². The molecule has 1 aromatic heterocycles. The van der Waals surface area contributed by atoms with Gasteiger partial charge in [-0.2, -0.15) is 0 Å². The topological polar surface area (TPSA) is 100 Å². The first-order chi connectivity index (χ1) is 14.0. The Morgan fingerprint density at radius 1 is 1.07 bits per heavy atom. The smallest absolute Gasteiger partial charge is 0.337 e. The molecule has 0 spiro atoms. The van der Waals surface area contributed by atoms with Gasteiger partial charge in [0.25, 0.3) is 0 Å². The van der Waals surface area contributed by atoms with Crippen LogP contribution >= 0.6 is 0 Å². The van der Waals surface area contributed by atoms with E-state index < -0.39 is 12.0 Å². The van der Waals surface area contributed by atoms with Gasteiger partial charge in [0.05, 0.1) is 12.7 Å². The number of H-pyrrole nitrogens is 1. The average molecular weight is 393 g/mol. The van der Waals surface area contributed by atoms with Crippen LogP contribution in [0, 0.1) is 0 Å². The molecule has 0 saturated carbocycles. The number of hydrogen-bond donors (Lipinski definition) is 3. The first-order valence-electron chi connectivity index (χ1n) is 9.25. The third-order valence-electron chi connectivity index (χ3n) is 4.63. The minimum absolute atomic E-state index is 0.271. The van der Waals surface area contributed by atoms with E-state index >= 15 is 0 Å². The lowest BCUT2D eigenvalue weighted by molar-refractivity contribution is -0.128. The molecule has 3 N–H and O–H groups in total. The number of methoxy groups -OCH3 is 1. The first kappa shape index (κ1) is 20.1. The summed E-state index contributed by atoms with van der Waals surface area (Å²) in [5.74, 6) is -0.958. The number of para-hydroxylation sites is 1. The van der Waals surface area contributed by atoms with Gasteiger partial charge in [0.15, 0.2) is 0 Å². The molecule has 7 heteroatoms. The molecule has 3 aromatic rings. The minimum atomic E-state index is -0.693. The van der Waals surface area contributed by atoms with Crippen molar-refractivity contribution in [3.63, 3.8) is 0 Å². The second-order valence-corrected chi connectivity index (χ2v) is 6.72. The van der Waals surface area contributed by atoms with Crippen molar-refractivity contribution < 1.29 is 19.1 Å². The number of aromatic nitrogens is 1. The second kappa shape index (κ2) is 9.05. The van der Waals surface area contributed by atoms with Crippen LogP contribution in [0.3, 0.4) is 0 Å². The highest BCUT2D eigenvalue weighted by atomic mass is 16.5. The van der Waals surface area contributed by atoms with E-state index in [9.17, 15) is 14.4 Å². The highest BCUT2D eigenvalue weighted by Gasteiger charge is 2.21. The molecule has 29 heavy (non-hydrogen) atoms. The fourth-order valence-corrected chi connectivity index (χ4v) is 3.16. The van der Waals surface area contributed by atoms with E-state index in [-0.39, 0.29) is 18.4 Å². The number of carbonyl (C=O) groups is 3. The van der Waals surface area contributed by atoms with Gasteiger partial charge < -0.3 is 20.4 Å². The highest BCUT2D eigenvalue weighted by Crippen LogP contribution is 2.19. The zero-order valence-corrected chi connectivity index (χ0v) is 16.3. The molecule has 3 rings (SSSR count). The number of esters is 1. The van der Waals surface area contributed by atoms with E-state index in [1.54, 1.807) is 24.3 Å². The van der Waals surface area contributed by atoms with E-state index in [1.807, 2.05) is 30.5 Å². The molecular formula is C22H23N3O4. The monoisotopic (exact) mass is 393 g/mol. The van der Waals surface area contributed by atoms with E-state index in [1.165, 1.54) is 14.0 Å². The fourth-order valence-electron chi connectivity index (χ4n) is 3.16. The molecule has 0 bridgehead atoms. The standard InChI is InChI=1S/C22H23N3O4/c1-14(26)25-20(11-17-13-23-19-6-4-3-5-18(17)19)21(27)24-12-15-7-9-16(10-8-15)22(28)29-2/h3-10,13,20,23H,11-12H2,1-2H3,(H,24,27)(H,25,26)/t20-/m1/s1. The molecule has 0 fully saturated rings. The number of hydrogen-bond acceptors (Lipinski definition) is 4. The maximum absolute atomic E-state index is 12.7. The van der Waals surface area contributed by atoms with Crippen LogP contribution in [0.1, 0.15) is 28.4 Å². The van der Waals surface area contributed by atoms with Crippen molar-refractivity contribution >= 4 is 28.7 Å². The molecule has 0 saturated heterocycles. The van der Waals surface area contributed by atoms with E-state index in [0.717, 1.165) is 22.0 Å². The molecule has 0 aliphatic rings. The van der Waals surface area contributed by atoms with Crippen LogP contribution in [-0.2, 0) is 27.3 Å². The molecule has 150 valence electrons. The molecule has 0 unspecified atom stereocenters. The molecular weight excluding hydrogens is 370 g/mol. The quantitative estimate of drug-likeness (QED) is 0.536. The molecule has 0 radical (unpaired) electrons. The zero-order valence-electron chi connectivity index (χ0n) is 16.3. The Balaban J connectivity index is 1.67. The lowest BCUT2D eigenvalue weighted by Crippen LogP contribution is -2.47. The number of nitrogens with one attached hydrogen (secondary N) is 3. The summed E-state index contributed by atoms with van der Waals surface area (Å²) in [7, 11) is 1.33. The fraction of sp³-hybridized carbons (Fsp3) is 0.227. The van der Waals surface area contributed by atoms with Gasteiger partial charge in [-0.25, -0.2) is 4.79 Å². The summed E-state index contributed by atoms with van der Waals surface area (Å²) in [5, 5.41) is 6.59. The van der Waals surface area contributed by atoms with Crippen LogP contribution in [0.5, 0.6) is 0 Å². The van der Waals surface area contributed by atoms with Crippen molar-refractivity contribution in [2.45, 2.75) is 25.9 Å². The van der Waals surface area contributed by atoms with Gasteiger partial charge in [-0.15, -0.1) is 0 Å². The van der Waals surface area contributed by atoms with Gasteiger partial charge in [-0.3, -0.25) is 9.59 Å². The van der Waals surface area contributed by atoms with Gasteiger partial charge in [0.1, 0.15) is 6.04 Å². The van der Waals surface area contributed by atoms with Gasteiger partial charge >= 0.3 is 5.97 Å². The lowest BCUT2D eigenvalue weighted by atomic mass is 10.0. The van der Waals surface area contributed by atoms with E-state index in [4.69, 9.17) is 0 Å². The number of fused-ring (bicyclic) bond motifs is 1. The summed E-state index contributed by atoms with van der Waals surface area (Å²) in [5.41, 5.74) is 3.21. The predicted octanol–water partition coefficient (Wildman–Crippen LogP) is 2.32. The number of ether oxygens (including phenoxy) is 1. The molecule has 1 atom stereocenters. The van der Waals surface area contributed by atoms with Crippen LogP contribution in [0.15, 0.2) is 54.7 Å². The van der Waals surface area contributed by atoms with Gasteiger partial charge in [0.2, 0.25) is 11.8 Å². The maximum Gasteiger partial charge on any atom is 0.337 e. The summed E-state index contributed by atoms with van der Waals surface area (Å²) in [4.78, 5) is 39.0. The molecule has 0 aliphatic carbocycles. The molecule has 2 amide bonds. The summed E-state index contributed by atoms with van der Waals surface area (Å²) < 4.78 is 4.67. The SMILES string of the molecule is COC(=O)c1ccc(CNC(=O)[C@@H](Cc2c[nH]c3ccccc23)NC(C)=O)cc1. The maximum atomic E-state index is 12.7. The van der Waals surface area contributed by atoms with Gasteiger partial charge in [-0.05, 0) is 29.3 Å². The van der Waals surface area contributed by atoms with Gasteiger partial charge in [-0.1, -0.05) is 30.3 Å². The minimum Gasteiger partial charge on any atom is -0.465 e. The predicted molar refractivity (Wildman–Crippen MR) is 109 cm³/mol. The van der Waals surface area contributed by atoms with E-state index in [0.29, 0.717) is 12.0 Å². The Morgan fingerprint density at radius 3 is 2.48 bits per heavy atom. The Kier molecular flexibility index (Phi) is 6.29. The third kappa shape index (κ3) is 5.01. The number of amides is 2. The number of carbonyl (C=O) groups excluding carboxylic acids is 3. The van der Waals surface area contributed by atoms with Crippen molar-refractivity contribution in [1.29, 1.82) is 0 Å². The van der Waals surface area contributed by atoms with Crippen molar-refractivity contribution in [3.8, 4) is 0 Å². The Morgan fingerprint density at radius 2 is 1.79 bits per heavy atom. The highest BCUT2D eigenvalue weighted by molar-refractivity contribution is 5.90. The number of rotatable bonds is 7. The van der Waals surface area contributed by atoms with Crippen LogP contribution in [0.4, 0.5) is 0 Å². The number of aromatic amines is 1. The Hall–Kier alpha value is -3.61. The summed E-state index contributed by atoms with van der Waals surface area (Å²) in [6.07, 6.45) is 2.23. The third-order valence-corrected chi connectivity index (χ3v) is 4.63. The van der Waals surface area contributed by atoms with Crippen molar-refractivity contribution in [2.75, 3.05) is 7.11 Å². The zero-order chi connectivity index (χ0) is 20.8. The van der Waals surface area contributed by atoms with Crippen LogP contribution < -0.4 is 10.6 Å². The number of benzene rings is 2. The summed E-state index contributed by atoms with van der Waals surface area (Å²) in [6.45, 7) is 1.67. The average Bonchev–Trinajstić information content (AvgIpc) is 3.14. The van der Waals surface area contributed by atoms with Crippen molar-refractivity contribution in [3.05, 3.63) is 71.4 Å². The van der Waals surface area contributed by atoms with Crippen molar-refractivity contribution in [1.82, 2.24) is 15.6 Å². The molecule has 0 aliphatic heterocycles. The largest absolute Gasteiger partial charge is 0.465 e. The van der Waals surface area contributed by atoms with Gasteiger partial charge in [0, 0.05) is 37.0 Å². The van der Waals surface area contributed by atoms with Crippen molar-refractivity contribution in [2.24, 2.45) is 0 Å². The van der Waals surface area contributed by atoms with Crippen LogP contribution in [-0.4, -0.2) is 35.9 Å². The summed E-state index contributed by atoms with van der Waals surface area (Å²) >= 11 is 0. The lowest BCUT2D eigenvalue weighted by Gasteiger charge is -2.17. The molecule has 2 aromatic carbocycles. The van der Waals surface area contributed by atoms with Crippen LogP contribution in [0.2, 0.25) is 0 Å². The second-order valence-electron chi connectivity index (χ2n) is 6.72. The Labute approximate surface area is 168 Å².